The lowest BCUT2D eigenvalue weighted by atomic mass is 10.2. The highest BCUT2D eigenvalue weighted by Gasteiger charge is 2.22. The largest absolute Gasteiger partial charge is 0.399 e. The quantitative estimate of drug-likeness (QED) is 0.726. The van der Waals surface area contributed by atoms with Crippen LogP contribution in [0.1, 0.15) is 19.8 Å². The van der Waals surface area contributed by atoms with Crippen LogP contribution in [-0.4, -0.2) is 36.6 Å². The van der Waals surface area contributed by atoms with Gasteiger partial charge in [-0.25, -0.2) is 4.79 Å². The van der Waals surface area contributed by atoms with E-state index in [1.54, 1.807) is 12.1 Å². The van der Waals surface area contributed by atoms with Gasteiger partial charge in [-0.2, -0.15) is 0 Å². The number of carbonyl (C=O) groups excluding carboxylic acids is 1. The van der Waals surface area contributed by atoms with E-state index in [1.165, 1.54) is 6.42 Å². The van der Waals surface area contributed by atoms with Crippen LogP contribution in [0.4, 0.5) is 16.2 Å². The zero-order valence-corrected chi connectivity index (χ0v) is 11.4. The van der Waals surface area contributed by atoms with Gasteiger partial charge in [-0.1, -0.05) is 13.0 Å². The number of nitrogens with two attached hydrogens (primary N) is 1. The second kappa shape index (κ2) is 6.43. The smallest absolute Gasteiger partial charge is 0.319 e. The number of anilines is 2. The Morgan fingerprint density at radius 1 is 1.53 bits per heavy atom. The van der Waals surface area contributed by atoms with Gasteiger partial charge in [0.15, 0.2) is 0 Å². The molecule has 1 aliphatic rings. The molecule has 0 aliphatic carbocycles. The summed E-state index contributed by atoms with van der Waals surface area (Å²) in [4.78, 5) is 14.2. The zero-order valence-electron chi connectivity index (χ0n) is 11.4. The Morgan fingerprint density at radius 2 is 2.37 bits per heavy atom. The molecule has 4 N–H and O–H groups in total. The molecule has 0 radical (unpaired) electrons. The maximum absolute atomic E-state index is 11.8. The first kappa shape index (κ1) is 13.7. The molecule has 19 heavy (non-hydrogen) atoms. The van der Waals surface area contributed by atoms with E-state index in [1.807, 2.05) is 12.1 Å². The third kappa shape index (κ3) is 3.86. The van der Waals surface area contributed by atoms with Gasteiger partial charge in [0.1, 0.15) is 0 Å². The molecule has 1 aliphatic heterocycles. The summed E-state index contributed by atoms with van der Waals surface area (Å²) < 4.78 is 0. The molecular weight excluding hydrogens is 240 g/mol. The fourth-order valence-electron chi connectivity index (χ4n) is 2.54. The molecule has 1 atom stereocenters. The monoisotopic (exact) mass is 262 g/mol. The van der Waals surface area contributed by atoms with Crippen molar-refractivity contribution < 1.29 is 4.79 Å². The van der Waals surface area contributed by atoms with E-state index in [-0.39, 0.29) is 6.03 Å². The summed E-state index contributed by atoms with van der Waals surface area (Å²) in [7, 11) is 0. The molecular formula is C14H22N4O. The average molecular weight is 262 g/mol. The molecule has 1 fully saturated rings. The standard InChI is InChI=1S/C14H22N4O/c1-2-18-8-4-7-13(18)10-16-14(19)17-12-6-3-5-11(15)9-12/h3,5-6,9,13H,2,4,7-8,10,15H2,1H3,(H2,16,17,19). The minimum Gasteiger partial charge on any atom is -0.399 e. The van der Waals surface area contributed by atoms with Gasteiger partial charge in [-0.15, -0.1) is 0 Å². The maximum Gasteiger partial charge on any atom is 0.319 e. The highest BCUT2D eigenvalue weighted by atomic mass is 16.2. The topological polar surface area (TPSA) is 70.4 Å². The second-order valence-electron chi connectivity index (χ2n) is 4.89. The minimum absolute atomic E-state index is 0.173. The van der Waals surface area contributed by atoms with Crippen molar-refractivity contribution in [2.45, 2.75) is 25.8 Å². The molecule has 2 amide bonds. The molecule has 1 aromatic carbocycles. The van der Waals surface area contributed by atoms with E-state index in [9.17, 15) is 4.79 Å². The van der Waals surface area contributed by atoms with Crippen molar-refractivity contribution in [3.8, 4) is 0 Å². The van der Waals surface area contributed by atoms with E-state index in [0.29, 0.717) is 18.3 Å². The van der Waals surface area contributed by atoms with Gasteiger partial charge in [-0.05, 0) is 44.1 Å². The number of nitrogens with one attached hydrogen (secondary N) is 2. The Bertz CT molecular complexity index is 435. The molecule has 2 rings (SSSR count). The van der Waals surface area contributed by atoms with Gasteiger partial charge < -0.3 is 16.4 Å². The summed E-state index contributed by atoms with van der Waals surface area (Å²) in [6.45, 7) is 5.04. The van der Waals surface area contributed by atoms with Crippen LogP contribution in [0, 0.1) is 0 Å². The normalized spacial score (nSPS) is 19.3. The van der Waals surface area contributed by atoms with Crippen molar-refractivity contribution in [1.82, 2.24) is 10.2 Å². The van der Waals surface area contributed by atoms with Gasteiger partial charge in [0.2, 0.25) is 0 Å². The van der Waals surface area contributed by atoms with Crippen molar-refractivity contribution in [2.24, 2.45) is 0 Å². The van der Waals surface area contributed by atoms with E-state index < -0.39 is 0 Å². The lowest BCUT2D eigenvalue weighted by molar-refractivity contribution is 0.238. The fourth-order valence-corrected chi connectivity index (χ4v) is 2.54. The van der Waals surface area contributed by atoms with Crippen LogP contribution < -0.4 is 16.4 Å². The number of likely N-dealkylation sites (tertiary alicyclic amines) is 1. The molecule has 0 aromatic heterocycles. The molecule has 0 bridgehead atoms. The van der Waals surface area contributed by atoms with Gasteiger partial charge in [-0.3, -0.25) is 4.90 Å². The first-order valence-corrected chi connectivity index (χ1v) is 6.83. The molecule has 5 nitrogen and oxygen atoms in total. The number of urea groups is 1. The van der Waals surface area contributed by atoms with Crippen molar-refractivity contribution in [3.05, 3.63) is 24.3 Å². The minimum atomic E-state index is -0.173. The van der Waals surface area contributed by atoms with E-state index >= 15 is 0 Å². The molecule has 1 unspecified atom stereocenters. The predicted octanol–water partition coefficient (Wildman–Crippen LogP) is 1.87. The molecule has 0 spiro atoms. The number of amides is 2. The van der Waals surface area contributed by atoms with Crippen LogP contribution in [0.15, 0.2) is 24.3 Å². The van der Waals surface area contributed by atoms with Crippen molar-refractivity contribution in [1.29, 1.82) is 0 Å². The van der Waals surface area contributed by atoms with Gasteiger partial charge in [0.05, 0.1) is 0 Å². The van der Waals surface area contributed by atoms with Gasteiger partial charge in [0.25, 0.3) is 0 Å². The molecule has 1 saturated heterocycles. The van der Waals surface area contributed by atoms with E-state index in [0.717, 1.165) is 25.2 Å². The summed E-state index contributed by atoms with van der Waals surface area (Å²) in [6, 6.07) is 7.48. The molecule has 0 saturated carbocycles. The van der Waals surface area contributed by atoms with Crippen molar-refractivity contribution in [3.63, 3.8) is 0 Å². The third-order valence-corrected chi connectivity index (χ3v) is 3.55. The lowest BCUT2D eigenvalue weighted by Gasteiger charge is -2.22. The maximum atomic E-state index is 11.8. The Kier molecular flexibility index (Phi) is 4.63. The van der Waals surface area contributed by atoms with Gasteiger partial charge in [0, 0.05) is 24.0 Å². The number of nitrogens with zero attached hydrogens (tertiary/aromatic N) is 1. The van der Waals surface area contributed by atoms with Crippen LogP contribution in [0.25, 0.3) is 0 Å². The van der Waals surface area contributed by atoms with Gasteiger partial charge >= 0.3 is 6.03 Å². The fraction of sp³-hybridized carbons (Fsp3) is 0.500. The summed E-state index contributed by atoms with van der Waals surface area (Å²) in [5.41, 5.74) is 7.03. The van der Waals surface area contributed by atoms with Crippen LogP contribution in [0.3, 0.4) is 0 Å². The summed E-state index contributed by atoms with van der Waals surface area (Å²) in [5.74, 6) is 0. The number of likely N-dealkylation sites (N-methyl/N-ethyl adjacent to an activating group) is 1. The second-order valence-corrected chi connectivity index (χ2v) is 4.89. The number of hydrogen-bond donors (Lipinski definition) is 3. The van der Waals surface area contributed by atoms with Crippen LogP contribution >= 0.6 is 0 Å². The SMILES string of the molecule is CCN1CCCC1CNC(=O)Nc1cccc(N)c1. The number of benzene rings is 1. The highest BCUT2D eigenvalue weighted by Crippen LogP contribution is 2.16. The predicted molar refractivity (Wildman–Crippen MR) is 78.1 cm³/mol. The Morgan fingerprint density at radius 3 is 3.11 bits per heavy atom. The molecule has 1 aromatic rings. The summed E-state index contributed by atoms with van der Waals surface area (Å²) >= 11 is 0. The van der Waals surface area contributed by atoms with Crippen LogP contribution in [-0.2, 0) is 0 Å². The van der Waals surface area contributed by atoms with E-state index in [2.05, 4.69) is 22.5 Å². The third-order valence-electron chi connectivity index (χ3n) is 3.55. The number of carbonyl (C=O) groups is 1. The first-order valence-electron chi connectivity index (χ1n) is 6.83. The van der Waals surface area contributed by atoms with Crippen LogP contribution in [0.2, 0.25) is 0 Å². The Hall–Kier alpha value is -1.75. The van der Waals surface area contributed by atoms with Crippen molar-refractivity contribution >= 4 is 17.4 Å². The number of rotatable bonds is 4. The Labute approximate surface area is 114 Å². The number of hydrogen-bond acceptors (Lipinski definition) is 3. The van der Waals surface area contributed by atoms with Crippen molar-refractivity contribution in [2.75, 3.05) is 30.7 Å². The highest BCUT2D eigenvalue weighted by molar-refractivity contribution is 5.89. The average Bonchev–Trinajstić information content (AvgIpc) is 2.83. The summed E-state index contributed by atoms with van der Waals surface area (Å²) in [6.07, 6.45) is 2.38. The number of nitrogen functional groups attached to an aromatic ring is 1. The van der Waals surface area contributed by atoms with E-state index in [4.69, 9.17) is 5.73 Å². The molecule has 1 heterocycles. The molecule has 5 heteroatoms. The lowest BCUT2D eigenvalue weighted by Crippen LogP contribution is -2.41. The molecule has 104 valence electrons. The first-order chi connectivity index (χ1) is 9.19. The Balaban J connectivity index is 1.78. The van der Waals surface area contributed by atoms with Crippen LogP contribution in [0.5, 0.6) is 0 Å². The summed E-state index contributed by atoms with van der Waals surface area (Å²) in [5, 5.41) is 5.72. The zero-order chi connectivity index (χ0) is 13.7.